The second-order valence-corrected chi connectivity index (χ2v) is 5.56. The van der Waals surface area contributed by atoms with Gasteiger partial charge in [0.05, 0.1) is 10.2 Å². The highest BCUT2D eigenvalue weighted by atomic mass is 32.1. The van der Waals surface area contributed by atoms with Crippen molar-refractivity contribution in [2.24, 2.45) is 0 Å². The number of rotatable bonds is 1. The molecule has 0 saturated carbocycles. The molecule has 90 valence electrons. The quantitative estimate of drug-likeness (QED) is 0.662. The second kappa shape index (κ2) is 4.10. The van der Waals surface area contributed by atoms with Crippen LogP contribution in [0.25, 0.3) is 20.8 Å². The van der Waals surface area contributed by atoms with Crippen molar-refractivity contribution >= 4 is 27.2 Å². The van der Waals surface area contributed by atoms with Crippen molar-refractivity contribution in [1.82, 2.24) is 4.98 Å². The molecule has 0 amide bonds. The molecule has 0 atom stereocenters. The molecule has 0 fully saturated rings. The molecular formula is C15H14N2S. The third-order valence-corrected chi connectivity index (χ3v) is 4.10. The van der Waals surface area contributed by atoms with Gasteiger partial charge in [0.2, 0.25) is 0 Å². The summed E-state index contributed by atoms with van der Waals surface area (Å²) in [7, 11) is 0. The molecule has 0 unspecified atom stereocenters. The van der Waals surface area contributed by atoms with Crippen LogP contribution in [0.3, 0.4) is 0 Å². The van der Waals surface area contributed by atoms with Crippen molar-refractivity contribution in [2.45, 2.75) is 13.8 Å². The Morgan fingerprint density at radius 2 is 1.94 bits per heavy atom. The third-order valence-electron chi connectivity index (χ3n) is 3.06. The standard InChI is InChI=1S/C15H14N2S/c1-9-6-7-12-13(8-9)18-15(17-12)14-10(2)4-3-5-11(14)16/h3-8H,16H2,1-2H3. The number of hydrogen-bond donors (Lipinski definition) is 1. The monoisotopic (exact) mass is 254 g/mol. The fourth-order valence-electron chi connectivity index (χ4n) is 2.12. The maximum Gasteiger partial charge on any atom is 0.126 e. The summed E-state index contributed by atoms with van der Waals surface area (Å²) in [4.78, 5) is 4.68. The number of nitrogens with zero attached hydrogens (tertiary/aromatic N) is 1. The van der Waals surface area contributed by atoms with Gasteiger partial charge in [-0.1, -0.05) is 18.2 Å². The Morgan fingerprint density at radius 3 is 2.72 bits per heavy atom. The largest absolute Gasteiger partial charge is 0.398 e. The Morgan fingerprint density at radius 1 is 1.11 bits per heavy atom. The first kappa shape index (κ1) is 11.2. The number of benzene rings is 2. The van der Waals surface area contributed by atoms with Gasteiger partial charge in [0.15, 0.2) is 0 Å². The molecule has 1 aromatic heterocycles. The van der Waals surface area contributed by atoms with E-state index in [2.05, 4.69) is 43.1 Å². The van der Waals surface area contributed by atoms with E-state index in [0.29, 0.717) is 0 Å². The van der Waals surface area contributed by atoms with E-state index in [9.17, 15) is 0 Å². The molecule has 0 saturated heterocycles. The lowest BCUT2D eigenvalue weighted by Gasteiger charge is -2.05. The molecule has 1 heterocycles. The molecular weight excluding hydrogens is 240 g/mol. The van der Waals surface area contributed by atoms with Crippen molar-refractivity contribution in [3.05, 3.63) is 47.5 Å². The number of fused-ring (bicyclic) bond motifs is 1. The van der Waals surface area contributed by atoms with E-state index in [4.69, 9.17) is 5.73 Å². The first-order chi connectivity index (χ1) is 8.65. The summed E-state index contributed by atoms with van der Waals surface area (Å²) >= 11 is 1.70. The van der Waals surface area contributed by atoms with Gasteiger partial charge in [0.1, 0.15) is 5.01 Å². The minimum absolute atomic E-state index is 0.797. The molecule has 0 aliphatic heterocycles. The first-order valence-corrected chi connectivity index (χ1v) is 6.69. The van der Waals surface area contributed by atoms with Gasteiger partial charge in [0.25, 0.3) is 0 Å². The minimum Gasteiger partial charge on any atom is -0.398 e. The lowest BCUT2D eigenvalue weighted by molar-refractivity contribution is 1.41. The predicted octanol–water partition coefficient (Wildman–Crippen LogP) is 4.16. The molecule has 0 radical (unpaired) electrons. The molecule has 3 aromatic rings. The van der Waals surface area contributed by atoms with Gasteiger partial charge >= 0.3 is 0 Å². The lowest BCUT2D eigenvalue weighted by atomic mass is 10.1. The average Bonchev–Trinajstić information content (AvgIpc) is 2.71. The van der Waals surface area contributed by atoms with Crippen molar-refractivity contribution in [3.63, 3.8) is 0 Å². The Balaban J connectivity index is 2.26. The lowest BCUT2D eigenvalue weighted by Crippen LogP contribution is -1.91. The normalized spacial score (nSPS) is 11.0. The zero-order valence-electron chi connectivity index (χ0n) is 10.4. The Hall–Kier alpha value is -1.87. The van der Waals surface area contributed by atoms with Crippen LogP contribution < -0.4 is 5.73 Å². The highest BCUT2D eigenvalue weighted by Gasteiger charge is 2.11. The van der Waals surface area contributed by atoms with Gasteiger partial charge in [-0.2, -0.15) is 0 Å². The van der Waals surface area contributed by atoms with Gasteiger partial charge in [-0.05, 0) is 43.2 Å². The Labute approximate surface area is 110 Å². The zero-order chi connectivity index (χ0) is 12.7. The highest BCUT2D eigenvalue weighted by molar-refractivity contribution is 7.21. The average molecular weight is 254 g/mol. The SMILES string of the molecule is Cc1ccc2nc(-c3c(C)cccc3N)sc2c1. The zero-order valence-corrected chi connectivity index (χ0v) is 11.2. The molecule has 0 bridgehead atoms. The maximum absolute atomic E-state index is 6.07. The molecule has 3 heteroatoms. The topological polar surface area (TPSA) is 38.9 Å². The Kier molecular flexibility index (Phi) is 2.56. The summed E-state index contributed by atoms with van der Waals surface area (Å²) in [5.41, 5.74) is 11.4. The van der Waals surface area contributed by atoms with Gasteiger partial charge in [-0.15, -0.1) is 11.3 Å². The number of hydrogen-bond acceptors (Lipinski definition) is 3. The van der Waals surface area contributed by atoms with Crippen molar-refractivity contribution < 1.29 is 0 Å². The van der Waals surface area contributed by atoms with Crippen LogP contribution in [0.5, 0.6) is 0 Å². The maximum atomic E-state index is 6.07. The van der Waals surface area contributed by atoms with Crippen molar-refractivity contribution in [3.8, 4) is 10.6 Å². The molecule has 18 heavy (non-hydrogen) atoms. The van der Waals surface area contributed by atoms with E-state index in [1.54, 1.807) is 11.3 Å². The summed E-state index contributed by atoms with van der Waals surface area (Å²) in [6.07, 6.45) is 0. The third kappa shape index (κ3) is 1.77. The van der Waals surface area contributed by atoms with E-state index >= 15 is 0 Å². The number of aryl methyl sites for hydroxylation is 2. The van der Waals surface area contributed by atoms with Gasteiger partial charge in [-0.3, -0.25) is 0 Å². The van der Waals surface area contributed by atoms with Crippen LogP contribution in [0.2, 0.25) is 0 Å². The smallest absolute Gasteiger partial charge is 0.126 e. The van der Waals surface area contributed by atoms with Gasteiger partial charge < -0.3 is 5.73 Å². The fourth-order valence-corrected chi connectivity index (χ4v) is 3.32. The molecule has 0 spiro atoms. The van der Waals surface area contributed by atoms with Crippen LogP contribution in [0.1, 0.15) is 11.1 Å². The second-order valence-electron chi connectivity index (χ2n) is 4.53. The summed E-state index contributed by atoms with van der Waals surface area (Å²) in [5, 5.41) is 1.01. The Bertz CT molecular complexity index is 708. The molecule has 0 aliphatic rings. The van der Waals surface area contributed by atoms with Gasteiger partial charge in [0, 0.05) is 11.3 Å². The fraction of sp³-hybridized carbons (Fsp3) is 0.133. The van der Waals surface area contributed by atoms with Crippen LogP contribution in [-0.4, -0.2) is 4.98 Å². The summed E-state index contributed by atoms with van der Waals surface area (Å²) in [5.74, 6) is 0. The predicted molar refractivity (Wildman–Crippen MR) is 78.9 cm³/mol. The molecule has 0 aliphatic carbocycles. The van der Waals surface area contributed by atoms with Crippen molar-refractivity contribution in [2.75, 3.05) is 5.73 Å². The summed E-state index contributed by atoms with van der Waals surface area (Å²) < 4.78 is 1.22. The minimum atomic E-state index is 0.797. The number of anilines is 1. The van der Waals surface area contributed by atoms with E-state index in [0.717, 1.165) is 21.8 Å². The first-order valence-electron chi connectivity index (χ1n) is 5.88. The van der Waals surface area contributed by atoms with Crippen molar-refractivity contribution in [1.29, 1.82) is 0 Å². The number of thiazole rings is 1. The van der Waals surface area contributed by atoms with Gasteiger partial charge in [-0.25, -0.2) is 4.98 Å². The van der Waals surface area contributed by atoms with Crippen LogP contribution in [-0.2, 0) is 0 Å². The van der Waals surface area contributed by atoms with E-state index in [-0.39, 0.29) is 0 Å². The number of nitrogens with two attached hydrogens (primary N) is 1. The van der Waals surface area contributed by atoms with Crippen LogP contribution in [0.4, 0.5) is 5.69 Å². The van der Waals surface area contributed by atoms with E-state index in [1.807, 2.05) is 12.1 Å². The molecule has 2 nitrogen and oxygen atoms in total. The van der Waals surface area contributed by atoms with E-state index in [1.165, 1.54) is 15.8 Å². The molecule has 2 N–H and O–H groups in total. The van der Waals surface area contributed by atoms with Crippen LogP contribution in [0.15, 0.2) is 36.4 Å². The summed E-state index contributed by atoms with van der Waals surface area (Å²) in [6.45, 7) is 4.17. The number of nitrogen functional groups attached to an aromatic ring is 1. The molecule has 2 aromatic carbocycles. The molecule has 3 rings (SSSR count). The summed E-state index contributed by atoms with van der Waals surface area (Å²) in [6, 6.07) is 12.3. The number of aromatic nitrogens is 1. The highest BCUT2D eigenvalue weighted by Crippen LogP contribution is 2.35. The van der Waals surface area contributed by atoms with Crippen LogP contribution in [0, 0.1) is 13.8 Å². The van der Waals surface area contributed by atoms with E-state index < -0.39 is 0 Å². The van der Waals surface area contributed by atoms with Crippen LogP contribution >= 0.6 is 11.3 Å².